The van der Waals surface area contributed by atoms with Crippen LogP contribution < -0.4 is 4.72 Å². The molecular formula is C23H30N2O3S. The molecule has 1 fully saturated rings. The summed E-state index contributed by atoms with van der Waals surface area (Å²) in [7, 11) is -3.49. The maximum Gasteiger partial charge on any atom is 0.253 e. The molecule has 0 radical (unpaired) electrons. The summed E-state index contributed by atoms with van der Waals surface area (Å²) in [5.74, 6) is 0.512. The highest BCUT2D eigenvalue weighted by atomic mass is 32.2. The first-order chi connectivity index (χ1) is 13.8. The van der Waals surface area contributed by atoms with Gasteiger partial charge < -0.3 is 4.90 Å². The fraction of sp³-hybridized carbons (Fsp3) is 0.435. The van der Waals surface area contributed by atoms with Gasteiger partial charge in [-0.3, -0.25) is 4.79 Å². The Morgan fingerprint density at radius 2 is 1.62 bits per heavy atom. The largest absolute Gasteiger partial charge is 0.339 e. The van der Waals surface area contributed by atoms with E-state index in [1.165, 1.54) is 0 Å². The van der Waals surface area contributed by atoms with E-state index in [0.717, 1.165) is 54.6 Å². The maximum absolute atomic E-state index is 12.6. The zero-order chi connectivity index (χ0) is 21.0. The van der Waals surface area contributed by atoms with Crippen LogP contribution in [0.4, 0.5) is 0 Å². The number of nitrogens with one attached hydrogen (secondary N) is 1. The number of sulfonamides is 1. The molecule has 1 amide bonds. The zero-order valence-electron chi connectivity index (χ0n) is 17.4. The molecule has 156 valence electrons. The standard InChI is InChI=1S/C23H30N2O3S/c1-17-5-8-21(9-6-17)23(26)25-14-11-20(12-15-25)10-13-24-29(27,28)22-16-18(2)4-7-19(22)3/h4-9,16,20,24H,10-15H2,1-3H3. The molecule has 2 aromatic rings. The van der Waals surface area contributed by atoms with Crippen LogP contribution >= 0.6 is 0 Å². The van der Waals surface area contributed by atoms with E-state index in [9.17, 15) is 13.2 Å². The summed E-state index contributed by atoms with van der Waals surface area (Å²) in [6.07, 6.45) is 2.60. The molecule has 1 aliphatic rings. The van der Waals surface area contributed by atoms with Crippen LogP contribution in [0.25, 0.3) is 0 Å². The van der Waals surface area contributed by atoms with Gasteiger partial charge in [-0.25, -0.2) is 13.1 Å². The molecular weight excluding hydrogens is 384 g/mol. The van der Waals surface area contributed by atoms with Crippen LogP contribution in [0, 0.1) is 26.7 Å². The number of piperidine rings is 1. The van der Waals surface area contributed by atoms with Gasteiger partial charge in [0.2, 0.25) is 10.0 Å². The maximum atomic E-state index is 12.6. The van der Waals surface area contributed by atoms with Crippen LogP contribution in [0.15, 0.2) is 47.4 Å². The molecule has 0 aliphatic carbocycles. The van der Waals surface area contributed by atoms with Gasteiger partial charge in [-0.15, -0.1) is 0 Å². The van der Waals surface area contributed by atoms with E-state index in [1.807, 2.05) is 62.1 Å². The summed E-state index contributed by atoms with van der Waals surface area (Å²) in [6.45, 7) is 7.59. The highest BCUT2D eigenvalue weighted by Gasteiger charge is 2.24. The van der Waals surface area contributed by atoms with Crippen LogP contribution in [0.2, 0.25) is 0 Å². The SMILES string of the molecule is Cc1ccc(C(=O)N2CCC(CCNS(=O)(=O)c3cc(C)ccc3C)CC2)cc1. The molecule has 5 nitrogen and oxygen atoms in total. The number of amides is 1. The van der Waals surface area contributed by atoms with Gasteiger partial charge in [0.05, 0.1) is 4.90 Å². The Hall–Kier alpha value is -2.18. The van der Waals surface area contributed by atoms with E-state index in [-0.39, 0.29) is 5.91 Å². The number of benzene rings is 2. The third-order valence-electron chi connectivity index (χ3n) is 5.68. The third kappa shape index (κ3) is 5.46. The Morgan fingerprint density at radius 1 is 1.00 bits per heavy atom. The van der Waals surface area contributed by atoms with E-state index < -0.39 is 10.0 Å². The summed E-state index contributed by atoms with van der Waals surface area (Å²) >= 11 is 0. The van der Waals surface area contributed by atoms with Crippen molar-refractivity contribution in [3.63, 3.8) is 0 Å². The summed E-state index contributed by atoms with van der Waals surface area (Å²) in [5.41, 5.74) is 3.56. The van der Waals surface area contributed by atoms with Gasteiger partial charge >= 0.3 is 0 Å². The monoisotopic (exact) mass is 414 g/mol. The Labute approximate surface area is 174 Å². The van der Waals surface area contributed by atoms with Gasteiger partial charge in [0.25, 0.3) is 5.91 Å². The fourth-order valence-electron chi connectivity index (χ4n) is 3.78. The van der Waals surface area contributed by atoms with Gasteiger partial charge in [-0.1, -0.05) is 29.8 Å². The second kappa shape index (κ2) is 9.09. The number of carbonyl (C=O) groups is 1. The molecule has 1 heterocycles. The third-order valence-corrected chi connectivity index (χ3v) is 7.28. The molecule has 0 atom stereocenters. The van der Waals surface area contributed by atoms with Crippen molar-refractivity contribution < 1.29 is 13.2 Å². The minimum absolute atomic E-state index is 0.0825. The second-order valence-corrected chi connectivity index (χ2v) is 9.79. The van der Waals surface area contributed by atoms with Crippen molar-refractivity contribution in [2.45, 2.75) is 44.9 Å². The van der Waals surface area contributed by atoms with E-state index in [4.69, 9.17) is 0 Å². The van der Waals surface area contributed by atoms with Crippen molar-refractivity contribution >= 4 is 15.9 Å². The molecule has 0 bridgehead atoms. The number of hydrogen-bond acceptors (Lipinski definition) is 3. The minimum Gasteiger partial charge on any atom is -0.339 e. The average Bonchev–Trinajstić information content (AvgIpc) is 2.70. The zero-order valence-corrected chi connectivity index (χ0v) is 18.3. The lowest BCUT2D eigenvalue weighted by atomic mass is 9.93. The molecule has 0 saturated carbocycles. The first kappa shape index (κ1) is 21.5. The van der Waals surface area contributed by atoms with Crippen LogP contribution in [0.1, 0.15) is 46.3 Å². The molecule has 0 unspecified atom stereocenters. The van der Waals surface area contributed by atoms with Crippen LogP contribution in [0.5, 0.6) is 0 Å². The summed E-state index contributed by atoms with van der Waals surface area (Å²) in [4.78, 5) is 14.9. The Balaban J connectivity index is 1.48. The van der Waals surface area contributed by atoms with Gasteiger partial charge in [-0.2, -0.15) is 0 Å². The van der Waals surface area contributed by atoms with Crippen molar-refractivity contribution in [1.82, 2.24) is 9.62 Å². The fourth-order valence-corrected chi connectivity index (χ4v) is 5.15. The number of hydrogen-bond donors (Lipinski definition) is 1. The number of aryl methyl sites for hydroxylation is 3. The van der Waals surface area contributed by atoms with Crippen molar-refractivity contribution in [1.29, 1.82) is 0 Å². The normalized spacial score (nSPS) is 15.5. The lowest BCUT2D eigenvalue weighted by Crippen LogP contribution is -2.39. The molecule has 29 heavy (non-hydrogen) atoms. The summed E-state index contributed by atoms with van der Waals surface area (Å²) < 4.78 is 28.0. The van der Waals surface area contributed by atoms with Gasteiger partial charge in [0.15, 0.2) is 0 Å². The molecule has 0 spiro atoms. The van der Waals surface area contributed by atoms with Crippen molar-refractivity contribution in [3.05, 3.63) is 64.7 Å². The second-order valence-electron chi connectivity index (χ2n) is 8.06. The highest BCUT2D eigenvalue weighted by molar-refractivity contribution is 7.89. The van der Waals surface area contributed by atoms with Crippen LogP contribution in [-0.4, -0.2) is 38.9 Å². The van der Waals surface area contributed by atoms with Gasteiger partial charge in [0.1, 0.15) is 0 Å². The topological polar surface area (TPSA) is 66.5 Å². The minimum atomic E-state index is -3.49. The molecule has 2 aromatic carbocycles. The summed E-state index contributed by atoms with van der Waals surface area (Å²) in [6, 6.07) is 13.2. The van der Waals surface area contributed by atoms with Crippen LogP contribution in [0.3, 0.4) is 0 Å². The molecule has 0 aromatic heterocycles. The molecule has 1 saturated heterocycles. The quantitative estimate of drug-likeness (QED) is 0.781. The lowest BCUT2D eigenvalue weighted by molar-refractivity contribution is 0.0687. The predicted octanol–water partition coefficient (Wildman–Crippen LogP) is 3.83. The lowest BCUT2D eigenvalue weighted by Gasteiger charge is -2.32. The van der Waals surface area contributed by atoms with E-state index >= 15 is 0 Å². The molecule has 6 heteroatoms. The molecule has 1 aliphatic heterocycles. The van der Waals surface area contributed by atoms with Crippen molar-refractivity contribution in [2.24, 2.45) is 5.92 Å². The summed E-state index contributed by atoms with van der Waals surface area (Å²) in [5, 5.41) is 0. The number of nitrogens with zero attached hydrogens (tertiary/aromatic N) is 1. The number of rotatable bonds is 6. The van der Waals surface area contributed by atoms with E-state index in [1.54, 1.807) is 6.07 Å². The van der Waals surface area contributed by atoms with Gasteiger partial charge in [0, 0.05) is 25.2 Å². The Bertz CT molecular complexity index is 960. The van der Waals surface area contributed by atoms with E-state index in [0.29, 0.717) is 17.4 Å². The van der Waals surface area contributed by atoms with Gasteiger partial charge in [-0.05, 0) is 75.3 Å². The smallest absolute Gasteiger partial charge is 0.253 e. The predicted molar refractivity (Wildman–Crippen MR) is 116 cm³/mol. The Kier molecular flexibility index (Phi) is 6.75. The Morgan fingerprint density at radius 3 is 2.28 bits per heavy atom. The van der Waals surface area contributed by atoms with Crippen LogP contribution in [-0.2, 0) is 10.0 Å². The average molecular weight is 415 g/mol. The number of likely N-dealkylation sites (tertiary alicyclic amines) is 1. The van der Waals surface area contributed by atoms with Crippen molar-refractivity contribution in [2.75, 3.05) is 19.6 Å². The molecule has 3 rings (SSSR count). The first-order valence-electron chi connectivity index (χ1n) is 10.2. The highest BCUT2D eigenvalue weighted by Crippen LogP contribution is 2.22. The number of carbonyl (C=O) groups excluding carboxylic acids is 1. The van der Waals surface area contributed by atoms with E-state index in [2.05, 4.69) is 4.72 Å². The van der Waals surface area contributed by atoms with Crippen molar-refractivity contribution in [3.8, 4) is 0 Å². The molecule has 1 N–H and O–H groups in total. The first-order valence-corrected chi connectivity index (χ1v) is 11.7.